The Morgan fingerprint density at radius 2 is 1.76 bits per heavy atom. The highest BCUT2D eigenvalue weighted by Crippen LogP contribution is 2.28. The first-order valence-corrected chi connectivity index (χ1v) is 7.66. The Balaban J connectivity index is 1.77. The van der Waals surface area contributed by atoms with Gasteiger partial charge in [-0.3, -0.25) is 4.79 Å². The fraction of sp³-hybridized carbons (Fsp3) is 0. The van der Waals surface area contributed by atoms with Gasteiger partial charge in [-0.05, 0) is 52.0 Å². The lowest BCUT2D eigenvalue weighted by Crippen LogP contribution is -1.84. The molecule has 0 saturated carbocycles. The number of rotatable bonds is 4. The largest absolute Gasteiger partial charge is 0.453 e. The zero-order valence-electron chi connectivity index (χ0n) is 10.7. The van der Waals surface area contributed by atoms with Crippen molar-refractivity contribution in [3.63, 3.8) is 0 Å². The molecule has 0 bridgehead atoms. The van der Waals surface area contributed by atoms with Crippen LogP contribution in [0.3, 0.4) is 0 Å². The van der Waals surface area contributed by atoms with E-state index in [0.717, 1.165) is 14.9 Å². The maximum Gasteiger partial charge on any atom is 0.192 e. The zero-order chi connectivity index (χ0) is 14.7. The Morgan fingerprint density at radius 1 is 1.05 bits per heavy atom. The van der Waals surface area contributed by atoms with E-state index in [-0.39, 0.29) is 0 Å². The van der Waals surface area contributed by atoms with E-state index in [1.165, 1.54) is 11.8 Å². The number of carbonyl (C=O) groups excluding carboxylic acids is 1. The molecule has 1 aromatic carbocycles. The predicted octanol–water partition coefficient (Wildman–Crippen LogP) is 4.46. The van der Waals surface area contributed by atoms with E-state index in [1.54, 1.807) is 24.5 Å². The average Bonchev–Trinajstić information content (AvgIpc) is 2.99. The van der Waals surface area contributed by atoms with Gasteiger partial charge in [0.2, 0.25) is 0 Å². The number of halogens is 1. The number of nitrogens with zero attached hydrogens (tertiary/aromatic N) is 2. The molecule has 0 fully saturated rings. The van der Waals surface area contributed by atoms with Gasteiger partial charge in [0.25, 0.3) is 0 Å². The van der Waals surface area contributed by atoms with Crippen molar-refractivity contribution >= 4 is 34.0 Å². The van der Waals surface area contributed by atoms with Gasteiger partial charge >= 0.3 is 0 Å². The minimum Gasteiger partial charge on any atom is -0.453 e. The highest BCUT2D eigenvalue weighted by molar-refractivity contribution is 9.10. The predicted molar refractivity (Wildman–Crippen MR) is 83.4 cm³/mol. The molecule has 0 amide bonds. The molecule has 0 unspecified atom stereocenters. The van der Waals surface area contributed by atoms with Crippen LogP contribution in [-0.2, 0) is 0 Å². The number of furan rings is 1. The number of hydrogen-bond donors (Lipinski definition) is 0. The molecule has 3 rings (SSSR count). The van der Waals surface area contributed by atoms with Crippen LogP contribution in [0.1, 0.15) is 10.6 Å². The number of aromatic nitrogens is 2. The number of carbonyl (C=O) groups is 1. The Kier molecular flexibility index (Phi) is 4.17. The van der Waals surface area contributed by atoms with Crippen LogP contribution in [0.4, 0.5) is 0 Å². The maximum atomic E-state index is 10.6. The van der Waals surface area contributed by atoms with Gasteiger partial charge in [0.05, 0.1) is 4.47 Å². The van der Waals surface area contributed by atoms with Crippen molar-refractivity contribution in [3.8, 4) is 11.3 Å². The van der Waals surface area contributed by atoms with Crippen molar-refractivity contribution in [3.05, 3.63) is 59.0 Å². The molecule has 0 saturated heterocycles. The minimum atomic E-state index is 0.326. The van der Waals surface area contributed by atoms with Gasteiger partial charge in [0.15, 0.2) is 17.2 Å². The molecule has 0 aliphatic heterocycles. The van der Waals surface area contributed by atoms with Crippen LogP contribution in [0.5, 0.6) is 0 Å². The summed E-state index contributed by atoms with van der Waals surface area (Å²) in [6, 6.07) is 11.2. The summed E-state index contributed by atoms with van der Waals surface area (Å²) >= 11 is 4.78. The summed E-state index contributed by atoms with van der Waals surface area (Å²) in [5, 5.41) is 0.687. The number of hydrogen-bond acceptors (Lipinski definition) is 5. The first-order valence-electron chi connectivity index (χ1n) is 6.05. The maximum absolute atomic E-state index is 10.6. The Bertz CT molecular complexity index is 754. The quantitative estimate of drug-likeness (QED) is 0.507. The van der Waals surface area contributed by atoms with E-state index < -0.39 is 0 Å². The van der Waals surface area contributed by atoms with Crippen LogP contribution in [0.15, 0.2) is 67.7 Å². The lowest BCUT2D eigenvalue weighted by Gasteiger charge is -2.01. The lowest BCUT2D eigenvalue weighted by atomic mass is 10.2. The summed E-state index contributed by atoms with van der Waals surface area (Å²) in [7, 11) is 0. The summed E-state index contributed by atoms with van der Waals surface area (Å²) in [6.45, 7) is 0. The molecule has 0 aliphatic carbocycles. The van der Waals surface area contributed by atoms with Gasteiger partial charge in [0, 0.05) is 22.9 Å². The van der Waals surface area contributed by atoms with Crippen molar-refractivity contribution in [1.82, 2.24) is 9.97 Å². The first kappa shape index (κ1) is 14.0. The molecule has 4 nitrogen and oxygen atoms in total. The van der Waals surface area contributed by atoms with Crippen LogP contribution < -0.4 is 0 Å². The van der Waals surface area contributed by atoms with Gasteiger partial charge in [0.1, 0.15) is 5.76 Å². The van der Waals surface area contributed by atoms with E-state index >= 15 is 0 Å². The molecule has 21 heavy (non-hydrogen) atoms. The lowest BCUT2D eigenvalue weighted by molar-refractivity contribution is 0.110. The topological polar surface area (TPSA) is 56.0 Å². The standard InChI is InChI=1S/C15H9BrN2O2S/c16-11-7-17-15(18-8-11)21-13-4-1-10(2-5-13)14-6-3-12(9-19)20-14/h1-9H. The highest BCUT2D eigenvalue weighted by Gasteiger charge is 2.05. The van der Waals surface area contributed by atoms with Gasteiger partial charge in [-0.1, -0.05) is 12.1 Å². The molecule has 0 atom stereocenters. The first-order chi connectivity index (χ1) is 10.2. The minimum absolute atomic E-state index is 0.326. The normalized spacial score (nSPS) is 10.5. The second-order valence-electron chi connectivity index (χ2n) is 4.13. The van der Waals surface area contributed by atoms with Gasteiger partial charge in [-0.2, -0.15) is 0 Å². The molecule has 6 heteroatoms. The molecule has 0 spiro atoms. The zero-order valence-corrected chi connectivity index (χ0v) is 13.1. The van der Waals surface area contributed by atoms with Crippen LogP contribution in [0.25, 0.3) is 11.3 Å². The van der Waals surface area contributed by atoms with E-state index in [4.69, 9.17) is 4.42 Å². The summed E-state index contributed by atoms with van der Waals surface area (Å²) in [5.74, 6) is 1.00. The fourth-order valence-corrected chi connectivity index (χ4v) is 2.62. The fourth-order valence-electron chi connectivity index (χ4n) is 1.72. The molecule has 2 heterocycles. The summed E-state index contributed by atoms with van der Waals surface area (Å²) in [4.78, 5) is 20.1. The summed E-state index contributed by atoms with van der Waals surface area (Å²) in [5.41, 5.74) is 0.921. The monoisotopic (exact) mass is 360 g/mol. The third kappa shape index (κ3) is 3.40. The number of benzene rings is 1. The van der Waals surface area contributed by atoms with Crippen LogP contribution in [0.2, 0.25) is 0 Å². The summed E-state index contributed by atoms with van der Waals surface area (Å²) in [6.07, 6.45) is 4.12. The summed E-state index contributed by atoms with van der Waals surface area (Å²) < 4.78 is 6.24. The molecule has 0 radical (unpaired) electrons. The smallest absolute Gasteiger partial charge is 0.192 e. The van der Waals surface area contributed by atoms with E-state index in [9.17, 15) is 4.79 Å². The Hall–Kier alpha value is -1.92. The molecule has 0 N–H and O–H groups in total. The van der Waals surface area contributed by atoms with E-state index in [2.05, 4.69) is 25.9 Å². The van der Waals surface area contributed by atoms with E-state index in [0.29, 0.717) is 23.0 Å². The van der Waals surface area contributed by atoms with Crippen LogP contribution in [-0.4, -0.2) is 16.3 Å². The SMILES string of the molecule is O=Cc1ccc(-c2ccc(Sc3ncc(Br)cn3)cc2)o1. The van der Waals surface area contributed by atoms with Gasteiger partial charge in [-0.15, -0.1) is 0 Å². The molecule has 0 aliphatic rings. The molecular formula is C15H9BrN2O2S. The van der Waals surface area contributed by atoms with Crippen molar-refractivity contribution in [2.75, 3.05) is 0 Å². The Morgan fingerprint density at radius 3 is 2.38 bits per heavy atom. The molecule has 104 valence electrons. The average molecular weight is 361 g/mol. The van der Waals surface area contributed by atoms with Crippen LogP contribution >= 0.6 is 27.7 Å². The van der Waals surface area contributed by atoms with Crippen LogP contribution in [0, 0.1) is 0 Å². The molecule has 3 aromatic rings. The highest BCUT2D eigenvalue weighted by atomic mass is 79.9. The second kappa shape index (κ2) is 6.24. The van der Waals surface area contributed by atoms with Crippen molar-refractivity contribution in [2.24, 2.45) is 0 Å². The molecule has 2 aromatic heterocycles. The van der Waals surface area contributed by atoms with Crippen molar-refractivity contribution in [1.29, 1.82) is 0 Å². The molecular weight excluding hydrogens is 352 g/mol. The second-order valence-corrected chi connectivity index (χ2v) is 6.09. The Labute approximate surface area is 133 Å². The number of aldehydes is 1. The van der Waals surface area contributed by atoms with Crippen molar-refractivity contribution in [2.45, 2.75) is 10.1 Å². The third-order valence-electron chi connectivity index (χ3n) is 2.69. The van der Waals surface area contributed by atoms with Gasteiger partial charge in [-0.25, -0.2) is 9.97 Å². The van der Waals surface area contributed by atoms with Gasteiger partial charge < -0.3 is 4.42 Å². The van der Waals surface area contributed by atoms with Crippen molar-refractivity contribution < 1.29 is 9.21 Å². The third-order valence-corrected chi connectivity index (χ3v) is 4.00. The van der Waals surface area contributed by atoms with E-state index in [1.807, 2.05) is 24.3 Å².